The van der Waals surface area contributed by atoms with Gasteiger partial charge in [0.1, 0.15) is 11.7 Å². The van der Waals surface area contributed by atoms with Gasteiger partial charge in [0, 0.05) is 11.6 Å². The van der Waals surface area contributed by atoms with Crippen LogP contribution in [0.15, 0.2) is 59.7 Å². The molecule has 0 aliphatic rings. The Bertz CT molecular complexity index is 787. The van der Waals surface area contributed by atoms with Crippen molar-refractivity contribution in [2.45, 2.75) is 26.2 Å². The quantitative estimate of drug-likeness (QED) is 0.621. The maximum atomic E-state index is 13.0. The van der Waals surface area contributed by atoms with Crippen molar-refractivity contribution in [3.63, 3.8) is 0 Å². The van der Waals surface area contributed by atoms with Crippen LogP contribution in [0, 0.1) is 18.2 Å². The van der Waals surface area contributed by atoms with E-state index in [1.54, 1.807) is 36.5 Å². The van der Waals surface area contributed by atoms with Crippen LogP contribution in [0.5, 0.6) is 0 Å². The number of benzene rings is 1. The Labute approximate surface area is 147 Å². The Morgan fingerprint density at radius 2 is 1.88 bits per heavy atom. The summed E-state index contributed by atoms with van der Waals surface area (Å²) in [4.78, 5) is 8.57. The Balaban J connectivity index is 2.01. The van der Waals surface area contributed by atoms with Gasteiger partial charge in [0.15, 0.2) is 0 Å². The zero-order valence-corrected chi connectivity index (χ0v) is 14.8. The first kappa shape index (κ1) is 18.5. The number of allylic oxidation sites excluding steroid dienone is 1. The Morgan fingerprint density at radius 1 is 1.20 bits per heavy atom. The van der Waals surface area contributed by atoms with Crippen LogP contribution in [0.4, 0.5) is 4.39 Å². The normalized spacial score (nSPS) is 12.6. The predicted molar refractivity (Wildman–Crippen MR) is 101 cm³/mol. The lowest BCUT2D eigenvalue weighted by molar-refractivity contribution is 0.537. The summed E-state index contributed by atoms with van der Waals surface area (Å²) in [6.45, 7) is 6.46. The fraction of sp³-hybridized carbons (Fsp3) is 0.250. The number of aliphatic imine (C=N–C) groups is 1. The number of halogens is 1. The third-order valence-corrected chi connectivity index (χ3v) is 3.89. The van der Waals surface area contributed by atoms with Gasteiger partial charge in [-0.25, -0.2) is 4.39 Å². The molecule has 0 bridgehead atoms. The number of amidine groups is 1. The van der Waals surface area contributed by atoms with Crippen molar-refractivity contribution in [2.24, 2.45) is 10.7 Å². The van der Waals surface area contributed by atoms with Crippen LogP contribution in [0.3, 0.4) is 0 Å². The summed E-state index contributed by atoms with van der Waals surface area (Å²) in [7, 11) is 0. The van der Waals surface area contributed by atoms with Crippen LogP contribution in [-0.4, -0.2) is 23.1 Å². The standard InChI is InChI=1S/C20H23FN4/c1-14-4-10-18(24-12-14)17(22)9-11-19(23)25-13-20(2,3)15-5-7-16(21)8-6-15/h4-12,22H,13H2,1-3H3,(H2,23,25)/b11-9-,22-17?. The molecular weight excluding hydrogens is 315 g/mol. The molecule has 2 rings (SSSR count). The van der Waals surface area contributed by atoms with Crippen LogP contribution >= 0.6 is 0 Å². The number of nitrogens with two attached hydrogens (primary N) is 1. The highest BCUT2D eigenvalue weighted by molar-refractivity contribution is 6.08. The van der Waals surface area contributed by atoms with Gasteiger partial charge in [-0.3, -0.25) is 15.4 Å². The molecule has 0 amide bonds. The minimum atomic E-state index is -0.266. The first-order valence-corrected chi connectivity index (χ1v) is 8.03. The SMILES string of the molecule is Cc1ccc(C(=N)/C=C\C(N)=NCC(C)(C)c2ccc(F)cc2)nc1. The molecular formula is C20H23FN4. The van der Waals surface area contributed by atoms with E-state index >= 15 is 0 Å². The molecule has 5 heteroatoms. The van der Waals surface area contributed by atoms with E-state index < -0.39 is 0 Å². The topological polar surface area (TPSA) is 75.1 Å². The Morgan fingerprint density at radius 3 is 2.48 bits per heavy atom. The second-order valence-electron chi connectivity index (χ2n) is 6.60. The van der Waals surface area contributed by atoms with Crippen molar-refractivity contribution in [3.05, 3.63) is 77.4 Å². The van der Waals surface area contributed by atoms with Gasteiger partial charge in [0.05, 0.1) is 18.0 Å². The van der Waals surface area contributed by atoms with Gasteiger partial charge in [-0.05, 0) is 48.4 Å². The van der Waals surface area contributed by atoms with Gasteiger partial charge in [0.2, 0.25) is 0 Å². The molecule has 0 aliphatic heterocycles. The number of hydrogen-bond donors (Lipinski definition) is 2. The molecule has 25 heavy (non-hydrogen) atoms. The summed E-state index contributed by atoms with van der Waals surface area (Å²) >= 11 is 0. The van der Waals surface area contributed by atoms with Crippen LogP contribution in [0.25, 0.3) is 0 Å². The maximum absolute atomic E-state index is 13.0. The van der Waals surface area contributed by atoms with E-state index in [2.05, 4.69) is 9.98 Å². The smallest absolute Gasteiger partial charge is 0.123 e. The van der Waals surface area contributed by atoms with Crippen molar-refractivity contribution in [3.8, 4) is 0 Å². The maximum Gasteiger partial charge on any atom is 0.123 e. The molecule has 0 atom stereocenters. The molecule has 0 saturated heterocycles. The summed E-state index contributed by atoms with van der Waals surface area (Å²) in [6, 6.07) is 10.1. The third-order valence-electron chi connectivity index (χ3n) is 3.89. The number of nitrogens with one attached hydrogen (secondary N) is 1. The largest absolute Gasteiger partial charge is 0.384 e. The Kier molecular flexibility index (Phi) is 5.80. The van der Waals surface area contributed by atoms with E-state index in [1.807, 2.05) is 26.8 Å². The zero-order chi connectivity index (χ0) is 18.4. The van der Waals surface area contributed by atoms with E-state index in [0.717, 1.165) is 11.1 Å². The molecule has 0 saturated carbocycles. The molecule has 0 fully saturated rings. The van der Waals surface area contributed by atoms with Gasteiger partial charge in [-0.2, -0.15) is 0 Å². The van der Waals surface area contributed by atoms with Gasteiger partial charge in [-0.1, -0.05) is 32.0 Å². The number of hydrogen-bond acceptors (Lipinski definition) is 3. The summed E-state index contributed by atoms with van der Waals surface area (Å²) in [6.07, 6.45) is 4.91. The van der Waals surface area contributed by atoms with E-state index in [1.165, 1.54) is 12.1 Å². The van der Waals surface area contributed by atoms with Crippen LogP contribution < -0.4 is 5.73 Å². The summed E-state index contributed by atoms with van der Waals surface area (Å²) in [5.41, 5.74) is 8.55. The zero-order valence-electron chi connectivity index (χ0n) is 14.8. The second-order valence-corrected chi connectivity index (χ2v) is 6.60. The highest BCUT2D eigenvalue weighted by atomic mass is 19.1. The molecule has 2 aromatic rings. The minimum Gasteiger partial charge on any atom is -0.384 e. The average Bonchev–Trinajstić information content (AvgIpc) is 2.59. The molecule has 1 heterocycles. The second kappa shape index (κ2) is 7.83. The summed E-state index contributed by atoms with van der Waals surface area (Å²) in [5.74, 6) is 0.0841. The molecule has 1 aromatic heterocycles. The van der Waals surface area contributed by atoms with Gasteiger partial charge in [0.25, 0.3) is 0 Å². The molecule has 130 valence electrons. The molecule has 0 aliphatic carbocycles. The average molecular weight is 338 g/mol. The van der Waals surface area contributed by atoms with Crippen LogP contribution in [0.1, 0.15) is 30.7 Å². The molecule has 1 aromatic carbocycles. The lowest BCUT2D eigenvalue weighted by Crippen LogP contribution is -2.23. The highest BCUT2D eigenvalue weighted by Crippen LogP contribution is 2.23. The molecule has 0 spiro atoms. The molecule has 0 unspecified atom stereocenters. The summed E-state index contributed by atoms with van der Waals surface area (Å²) in [5, 5.41) is 8.01. The van der Waals surface area contributed by atoms with Crippen LogP contribution in [0.2, 0.25) is 0 Å². The van der Waals surface area contributed by atoms with E-state index in [0.29, 0.717) is 18.1 Å². The number of rotatable bonds is 6. The monoisotopic (exact) mass is 338 g/mol. The first-order chi connectivity index (χ1) is 11.8. The van der Waals surface area contributed by atoms with E-state index in [4.69, 9.17) is 11.1 Å². The lowest BCUT2D eigenvalue weighted by atomic mass is 9.85. The van der Waals surface area contributed by atoms with E-state index in [-0.39, 0.29) is 16.9 Å². The van der Waals surface area contributed by atoms with Gasteiger partial charge >= 0.3 is 0 Å². The molecule has 3 N–H and O–H groups in total. The number of aromatic nitrogens is 1. The van der Waals surface area contributed by atoms with E-state index in [9.17, 15) is 4.39 Å². The molecule has 4 nitrogen and oxygen atoms in total. The first-order valence-electron chi connectivity index (χ1n) is 8.03. The number of aryl methyl sites for hydroxylation is 1. The van der Waals surface area contributed by atoms with Crippen molar-refractivity contribution in [2.75, 3.05) is 6.54 Å². The fourth-order valence-corrected chi connectivity index (χ4v) is 2.22. The Hall–Kier alpha value is -2.82. The van der Waals surface area contributed by atoms with Gasteiger partial charge < -0.3 is 5.73 Å². The van der Waals surface area contributed by atoms with Crippen molar-refractivity contribution >= 4 is 11.5 Å². The fourth-order valence-electron chi connectivity index (χ4n) is 2.22. The van der Waals surface area contributed by atoms with Crippen molar-refractivity contribution in [1.82, 2.24) is 4.98 Å². The molecule has 0 radical (unpaired) electrons. The summed E-state index contributed by atoms with van der Waals surface area (Å²) < 4.78 is 13.0. The van der Waals surface area contributed by atoms with Crippen molar-refractivity contribution < 1.29 is 4.39 Å². The number of pyridine rings is 1. The minimum absolute atomic E-state index is 0.256. The van der Waals surface area contributed by atoms with Gasteiger partial charge in [-0.15, -0.1) is 0 Å². The van der Waals surface area contributed by atoms with Crippen molar-refractivity contribution in [1.29, 1.82) is 5.41 Å². The van der Waals surface area contributed by atoms with Crippen LogP contribution in [-0.2, 0) is 5.41 Å². The number of nitrogens with zero attached hydrogens (tertiary/aromatic N) is 2. The third kappa shape index (κ3) is 5.35. The highest BCUT2D eigenvalue weighted by Gasteiger charge is 2.20. The predicted octanol–water partition coefficient (Wildman–Crippen LogP) is 3.79. The lowest BCUT2D eigenvalue weighted by Gasteiger charge is -2.23.